The molecule has 1 fully saturated rings. The molecule has 0 unspecified atom stereocenters. The lowest BCUT2D eigenvalue weighted by molar-refractivity contribution is -0.119. The summed E-state index contributed by atoms with van der Waals surface area (Å²) in [6, 6.07) is 5.37. The van der Waals surface area contributed by atoms with Crippen LogP contribution in [-0.2, 0) is 14.3 Å². The lowest BCUT2D eigenvalue weighted by Crippen LogP contribution is -2.49. The van der Waals surface area contributed by atoms with Gasteiger partial charge in [-0.15, -0.1) is 0 Å². The Balaban J connectivity index is 1.89. The molecular formula is C19H29N5O4. The molecule has 0 saturated carbocycles. The highest BCUT2D eigenvalue weighted by atomic mass is 16.5. The van der Waals surface area contributed by atoms with Crippen LogP contribution < -0.4 is 21.7 Å². The number of amides is 4. The number of nitrogens with one attached hydrogen (secondary N) is 3. The van der Waals surface area contributed by atoms with Gasteiger partial charge in [0.1, 0.15) is 6.04 Å². The zero-order chi connectivity index (χ0) is 20.5. The summed E-state index contributed by atoms with van der Waals surface area (Å²) in [5.41, 5.74) is 6.38. The number of ether oxygens (including phenoxy) is 1. The Morgan fingerprint density at radius 1 is 1.11 bits per heavy atom. The predicted octanol–water partition coefficient (Wildman–Crippen LogP) is 0.979. The second-order valence-corrected chi connectivity index (χ2v) is 6.88. The fourth-order valence-electron chi connectivity index (χ4n) is 2.87. The molecule has 2 atom stereocenters. The maximum Gasteiger partial charge on any atom is 0.312 e. The summed E-state index contributed by atoms with van der Waals surface area (Å²) in [6.45, 7) is 6.89. The third-order valence-corrected chi connectivity index (χ3v) is 4.70. The SMILES string of the molecule is CC[C@H](C)[C@@H](NC(N)=O)C(=O)Nc1ccc(NC(=O)CN2CCOCC2)cc1. The normalized spacial score (nSPS) is 16.6. The number of rotatable bonds is 8. The van der Waals surface area contributed by atoms with E-state index < -0.39 is 12.1 Å². The van der Waals surface area contributed by atoms with Gasteiger partial charge in [0.15, 0.2) is 0 Å². The number of morpholine rings is 1. The number of urea groups is 1. The van der Waals surface area contributed by atoms with Gasteiger partial charge >= 0.3 is 6.03 Å². The topological polar surface area (TPSA) is 126 Å². The fourth-order valence-corrected chi connectivity index (χ4v) is 2.87. The van der Waals surface area contributed by atoms with Gasteiger partial charge in [-0.25, -0.2) is 4.79 Å². The van der Waals surface area contributed by atoms with Crippen LogP contribution in [0.25, 0.3) is 0 Å². The molecule has 2 rings (SSSR count). The van der Waals surface area contributed by atoms with Gasteiger partial charge in [0.25, 0.3) is 0 Å². The van der Waals surface area contributed by atoms with Gasteiger partial charge in [0.2, 0.25) is 11.8 Å². The Labute approximate surface area is 165 Å². The minimum Gasteiger partial charge on any atom is -0.379 e. The smallest absolute Gasteiger partial charge is 0.312 e. The number of hydrogen-bond donors (Lipinski definition) is 4. The van der Waals surface area contributed by atoms with Crippen molar-refractivity contribution in [2.24, 2.45) is 11.7 Å². The van der Waals surface area contributed by atoms with Crippen LogP contribution in [0.4, 0.5) is 16.2 Å². The fraction of sp³-hybridized carbons (Fsp3) is 0.526. The third kappa shape index (κ3) is 6.82. The van der Waals surface area contributed by atoms with Gasteiger partial charge < -0.3 is 26.4 Å². The van der Waals surface area contributed by atoms with E-state index in [9.17, 15) is 14.4 Å². The minimum absolute atomic E-state index is 0.0637. The number of benzene rings is 1. The Morgan fingerprint density at radius 3 is 2.21 bits per heavy atom. The molecule has 1 aromatic rings. The quantitative estimate of drug-likeness (QED) is 0.526. The summed E-state index contributed by atoms with van der Waals surface area (Å²) in [4.78, 5) is 37.8. The van der Waals surface area contributed by atoms with Crippen LogP contribution in [0.5, 0.6) is 0 Å². The second kappa shape index (κ2) is 10.6. The Hall–Kier alpha value is -2.65. The summed E-state index contributed by atoms with van der Waals surface area (Å²) >= 11 is 0. The standard InChI is InChI=1S/C19H29N5O4/c1-3-13(2)17(23-19(20)27)18(26)22-15-6-4-14(5-7-15)21-16(25)12-24-8-10-28-11-9-24/h4-7,13,17H,3,8-12H2,1-2H3,(H,21,25)(H,22,26)(H3,20,23,27)/t13-,17+/m0/s1. The van der Waals surface area contributed by atoms with Crippen LogP contribution >= 0.6 is 0 Å². The summed E-state index contributed by atoms with van der Waals surface area (Å²) in [5, 5.41) is 8.09. The van der Waals surface area contributed by atoms with E-state index in [1.165, 1.54) is 0 Å². The summed E-state index contributed by atoms with van der Waals surface area (Å²) in [5.74, 6) is -0.496. The lowest BCUT2D eigenvalue weighted by atomic mass is 9.98. The number of nitrogens with zero attached hydrogens (tertiary/aromatic N) is 1. The van der Waals surface area contributed by atoms with E-state index in [-0.39, 0.29) is 17.7 Å². The van der Waals surface area contributed by atoms with Gasteiger partial charge in [-0.1, -0.05) is 20.3 Å². The predicted molar refractivity (Wildman–Crippen MR) is 107 cm³/mol. The molecule has 154 valence electrons. The third-order valence-electron chi connectivity index (χ3n) is 4.70. The molecule has 1 aliphatic heterocycles. The Bertz CT molecular complexity index is 673. The van der Waals surface area contributed by atoms with E-state index in [0.29, 0.717) is 37.6 Å². The highest BCUT2D eigenvalue weighted by molar-refractivity contribution is 5.97. The van der Waals surface area contributed by atoms with Crippen LogP contribution in [0.3, 0.4) is 0 Å². The van der Waals surface area contributed by atoms with Gasteiger partial charge in [-0.2, -0.15) is 0 Å². The molecule has 1 aromatic carbocycles. The van der Waals surface area contributed by atoms with Crippen molar-refractivity contribution in [1.82, 2.24) is 10.2 Å². The molecule has 5 N–H and O–H groups in total. The van der Waals surface area contributed by atoms with Crippen LogP contribution in [0.1, 0.15) is 20.3 Å². The van der Waals surface area contributed by atoms with E-state index in [4.69, 9.17) is 10.5 Å². The Morgan fingerprint density at radius 2 is 1.68 bits per heavy atom. The average molecular weight is 391 g/mol. The van der Waals surface area contributed by atoms with E-state index in [0.717, 1.165) is 13.1 Å². The van der Waals surface area contributed by atoms with Crippen molar-refractivity contribution in [3.8, 4) is 0 Å². The first-order valence-corrected chi connectivity index (χ1v) is 9.46. The molecule has 4 amide bonds. The van der Waals surface area contributed by atoms with E-state index >= 15 is 0 Å². The first-order valence-electron chi connectivity index (χ1n) is 9.46. The first-order chi connectivity index (χ1) is 13.4. The first kappa shape index (κ1) is 21.6. The van der Waals surface area contributed by atoms with E-state index in [1.807, 2.05) is 18.7 Å². The number of carbonyl (C=O) groups is 3. The molecule has 0 bridgehead atoms. The molecule has 1 heterocycles. The lowest BCUT2D eigenvalue weighted by Gasteiger charge is -2.25. The molecular weight excluding hydrogens is 362 g/mol. The number of nitrogens with two attached hydrogens (primary N) is 1. The number of carbonyl (C=O) groups excluding carboxylic acids is 3. The highest BCUT2D eigenvalue weighted by Gasteiger charge is 2.25. The largest absolute Gasteiger partial charge is 0.379 e. The molecule has 9 heteroatoms. The van der Waals surface area contributed by atoms with E-state index in [2.05, 4.69) is 16.0 Å². The minimum atomic E-state index is -0.737. The molecule has 0 aromatic heterocycles. The van der Waals surface area contributed by atoms with Crippen molar-refractivity contribution >= 4 is 29.2 Å². The van der Waals surface area contributed by atoms with Crippen molar-refractivity contribution in [3.63, 3.8) is 0 Å². The molecule has 0 aliphatic carbocycles. The van der Waals surface area contributed by atoms with Crippen molar-refractivity contribution in [1.29, 1.82) is 0 Å². The van der Waals surface area contributed by atoms with Gasteiger partial charge in [0.05, 0.1) is 19.8 Å². The van der Waals surface area contributed by atoms with Crippen molar-refractivity contribution < 1.29 is 19.1 Å². The maximum atomic E-state index is 12.5. The number of hydrogen-bond acceptors (Lipinski definition) is 5. The maximum absolute atomic E-state index is 12.5. The van der Waals surface area contributed by atoms with E-state index in [1.54, 1.807) is 24.3 Å². The highest BCUT2D eigenvalue weighted by Crippen LogP contribution is 2.16. The second-order valence-electron chi connectivity index (χ2n) is 6.88. The van der Waals surface area contributed by atoms with Gasteiger partial charge in [-0.3, -0.25) is 14.5 Å². The van der Waals surface area contributed by atoms with Crippen LogP contribution in [0, 0.1) is 5.92 Å². The number of anilines is 2. The van der Waals surface area contributed by atoms with Crippen molar-refractivity contribution in [3.05, 3.63) is 24.3 Å². The van der Waals surface area contributed by atoms with Crippen LogP contribution in [0.15, 0.2) is 24.3 Å². The average Bonchev–Trinajstić information content (AvgIpc) is 2.67. The van der Waals surface area contributed by atoms with Crippen LogP contribution in [-0.4, -0.2) is 61.6 Å². The zero-order valence-electron chi connectivity index (χ0n) is 16.4. The van der Waals surface area contributed by atoms with Crippen molar-refractivity contribution in [2.45, 2.75) is 26.3 Å². The summed E-state index contributed by atoms with van der Waals surface area (Å²) in [7, 11) is 0. The molecule has 9 nitrogen and oxygen atoms in total. The van der Waals surface area contributed by atoms with Gasteiger partial charge in [-0.05, 0) is 30.2 Å². The molecule has 1 aliphatic rings. The molecule has 0 spiro atoms. The molecule has 0 radical (unpaired) electrons. The molecule has 28 heavy (non-hydrogen) atoms. The summed E-state index contributed by atoms with van der Waals surface area (Å²) < 4.78 is 5.27. The molecule has 1 saturated heterocycles. The van der Waals surface area contributed by atoms with Gasteiger partial charge in [0, 0.05) is 24.5 Å². The number of primary amides is 1. The zero-order valence-corrected chi connectivity index (χ0v) is 16.4. The Kier molecular flexibility index (Phi) is 8.21. The van der Waals surface area contributed by atoms with Crippen LogP contribution in [0.2, 0.25) is 0 Å². The van der Waals surface area contributed by atoms with Crippen molar-refractivity contribution in [2.75, 3.05) is 43.5 Å². The monoisotopic (exact) mass is 391 g/mol. The summed E-state index contributed by atoms with van der Waals surface area (Å²) in [6.07, 6.45) is 0.715.